The number of carbonyl (C=O) groups is 6. The van der Waals surface area contributed by atoms with Gasteiger partial charge in [-0.2, -0.15) is 0 Å². The van der Waals surface area contributed by atoms with Crippen LogP contribution in [0.4, 0.5) is 0 Å². The van der Waals surface area contributed by atoms with Crippen molar-refractivity contribution in [2.75, 3.05) is 6.61 Å². The average Bonchev–Trinajstić information content (AvgIpc) is 3.54. The van der Waals surface area contributed by atoms with Crippen LogP contribution in [0.25, 0.3) is 0 Å². The lowest BCUT2D eigenvalue weighted by Crippen LogP contribution is -2.69. The number of hydrogen-bond donors (Lipinski definition) is 1. The Kier molecular flexibility index (Phi) is 7.40. The molecule has 0 aromatic heterocycles. The minimum Gasteiger partial charge on any atom is -0.461 e. The zero-order valence-corrected chi connectivity index (χ0v) is 26.1. The molecule has 12 atom stereocenters. The monoisotopic (exact) mass is 624 g/mol. The predicted octanol–water partition coefficient (Wildman–Crippen LogP) is 0.917. The molecule has 1 N–H and O–H groups in total. The fourth-order valence-corrected chi connectivity index (χ4v) is 9.39. The topological polar surface area (TPSA) is 191 Å². The van der Waals surface area contributed by atoms with E-state index in [1.165, 1.54) is 20.8 Å². The van der Waals surface area contributed by atoms with Crippen molar-refractivity contribution in [3.05, 3.63) is 0 Å². The van der Waals surface area contributed by atoms with Crippen LogP contribution >= 0.6 is 0 Å². The van der Waals surface area contributed by atoms with Crippen LogP contribution in [0.15, 0.2) is 0 Å². The van der Waals surface area contributed by atoms with Crippen molar-refractivity contribution in [3.63, 3.8) is 0 Å². The molecule has 0 amide bonds. The molecule has 0 aromatic rings. The number of ether oxygens (including phenoxy) is 7. The summed E-state index contributed by atoms with van der Waals surface area (Å²) in [5.41, 5.74) is -8.78. The molecule has 5 rings (SSSR count). The van der Waals surface area contributed by atoms with Crippen molar-refractivity contribution in [1.82, 2.24) is 0 Å². The van der Waals surface area contributed by atoms with Gasteiger partial charge < -0.3 is 38.3 Å². The first-order valence-electron chi connectivity index (χ1n) is 14.8. The molecule has 244 valence electrons. The van der Waals surface area contributed by atoms with Crippen LogP contribution < -0.4 is 0 Å². The van der Waals surface area contributed by atoms with E-state index in [4.69, 9.17) is 33.2 Å². The van der Waals surface area contributed by atoms with Crippen LogP contribution in [-0.4, -0.2) is 94.3 Å². The maximum atomic E-state index is 13.2. The minimum atomic E-state index is -2.22. The van der Waals surface area contributed by atoms with Gasteiger partial charge in [-0.15, -0.1) is 0 Å². The molecule has 0 aromatic carbocycles. The molecule has 2 aliphatic heterocycles. The Morgan fingerprint density at radius 2 is 1.27 bits per heavy atom. The highest BCUT2D eigenvalue weighted by Gasteiger charge is 2.88. The summed E-state index contributed by atoms with van der Waals surface area (Å²) < 4.78 is 41.8. The number of carbonyl (C=O) groups excluding carboxylic acids is 6. The van der Waals surface area contributed by atoms with Crippen molar-refractivity contribution in [3.8, 4) is 0 Å². The molecule has 44 heavy (non-hydrogen) atoms. The minimum absolute atomic E-state index is 0.00102. The number of rotatable bonds is 6. The highest BCUT2D eigenvalue weighted by Crippen LogP contribution is 2.72. The molecule has 0 radical (unpaired) electrons. The molecular formula is C30H40O14. The Bertz CT molecular complexity index is 1310. The average molecular weight is 625 g/mol. The molecule has 1 spiro atoms. The predicted molar refractivity (Wildman–Crippen MR) is 143 cm³/mol. The Morgan fingerprint density at radius 1 is 0.750 bits per heavy atom. The number of hydrogen-bond acceptors (Lipinski definition) is 14. The van der Waals surface area contributed by atoms with Gasteiger partial charge in [0, 0.05) is 52.4 Å². The molecule has 14 nitrogen and oxygen atoms in total. The highest BCUT2D eigenvalue weighted by molar-refractivity contribution is 5.75. The normalized spacial score (nSPS) is 46.8. The Hall–Kier alpha value is -3.26. The Morgan fingerprint density at radius 3 is 1.77 bits per heavy atom. The van der Waals surface area contributed by atoms with Gasteiger partial charge in [-0.05, 0) is 33.6 Å². The van der Waals surface area contributed by atoms with Crippen LogP contribution in [0.2, 0.25) is 0 Å². The number of esters is 6. The zero-order chi connectivity index (χ0) is 32.8. The zero-order valence-electron chi connectivity index (χ0n) is 26.1. The smallest absolute Gasteiger partial charge is 0.306 e. The van der Waals surface area contributed by atoms with Gasteiger partial charge in [0.15, 0.2) is 23.9 Å². The van der Waals surface area contributed by atoms with Crippen molar-refractivity contribution in [1.29, 1.82) is 0 Å². The fourth-order valence-electron chi connectivity index (χ4n) is 9.39. The maximum Gasteiger partial charge on any atom is 0.306 e. The van der Waals surface area contributed by atoms with Gasteiger partial charge in [-0.25, -0.2) is 0 Å². The number of fused-ring (bicyclic) bond motifs is 3. The van der Waals surface area contributed by atoms with Gasteiger partial charge in [-0.3, -0.25) is 28.8 Å². The number of aliphatic hydroxyl groups is 1. The van der Waals surface area contributed by atoms with Crippen molar-refractivity contribution in [2.45, 2.75) is 121 Å². The molecule has 2 bridgehead atoms. The first kappa shape index (κ1) is 32.1. The summed E-state index contributed by atoms with van der Waals surface area (Å²) in [6, 6.07) is 0. The van der Waals surface area contributed by atoms with E-state index in [-0.39, 0.29) is 25.9 Å². The third-order valence-corrected chi connectivity index (χ3v) is 10.7. The molecule has 2 heterocycles. The standard InChI is InChI=1S/C30H40O14/c1-13(31)39-22-18-9-10-19-28(8)20(11-21(36)44-28)30(37,26(6)12-38-26)24(41-15(3)33)23(40-14(2)32)29(19,22)25(42-16(4)34)27(18,7)43-17(5)35/h18-20,22-25,37H,9-12H2,1-8H3. The number of epoxide rings is 1. The van der Waals surface area contributed by atoms with Gasteiger partial charge in [0.1, 0.15) is 22.9 Å². The van der Waals surface area contributed by atoms with E-state index in [9.17, 15) is 33.9 Å². The fraction of sp³-hybridized carbons (Fsp3) is 0.800. The maximum absolute atomic E-state index is 13.2. The quantitative estimate of drug-likeness (QED) is 0.249. The van der Waals surface area contributed by atoms with E-state index >= 15 is 0 Å². The van der Waals surface area contributed by atoms with Crippen molar-refractivity contribution < 1.29 is 67.0 Å². The highest BCUT2D eigenvalue weighted by atomic mass is 16.6. The van der Waals surface area contributed by atoms with Crippen LogP contribution in [0, 0.1) is 23.2 Å². The summed E-state index contributed by atoms with van der Waals surface area (Å²) in [6.07, 6.45) is -6.14. The molecule has 5 aliphatic rings. The van der Waals surface area contributed by atoms with Gasteiger partial charge in [0.05, 0.1) is 18.4 Å². The Balaban J connectivity index is 1.95. The van der Waals surface area contributed by atoms with Gasteiger partial charge in [-0.1, -0.05) is 0 Å². The van der Waals surface area contributed by atoms with Crippen LogP contribution in [-0.2, 0) is 61.9 Å². The Labute approximate surface area is 254 Å². The van der Waals surface area contributed by atoms with E-state index in [2.05, 4.69) is 0 Å². The van der Waals surface area contributed by atoms with E-state index in [0.717, 1.165) is 20.8 Å². The van der Waals surface area contributed by atoms with Crippen molar-refractivity contribution in [2.24, 2.45) is 23.2 Å². The second-order valence-electron chi connectivity index (χ2n) is 13.4. The van der Waals surface area contributed by atoms with Crippen LogP contribution in [0.5, 0.6) is 0 Å². The lowest BCUT2D eigenvalue weighted by Gasteiger charge is -2.54. The largest absolute Gasteiger partial charge is 0.461 e. The second kappa shape index (κ2) is 10.1. The summed E-state index contributed by atoms with van der Waals surface area (Å²) in [5, 5.41) is 13.0. The lowest BCUT2D eigenvalue weighted by molar-refractivity contribution is -0.254. The first-order valence-corrected chi connectivity index (χ1v) is 14.8. The van der Waals surface area contributed by atoms with E-state index in [0.29, 0.717) is 0 Å². The third-order valence-electron chi connectivity index (χ3n) is 10.7. The molecule has 2 saturated heterocycles. The summed E-state index contributed by atoms with van der Waals surface area (Å²) in [4.78, 5) is 77.3. The van der Waals surface area contributed by atoms with Gasteiger partial charge in [0.25, 0.3) is 0 Å². The van der Waals surface area contributed by atoms with Gasteiger partial charge in [0.2, 0.25) is 0 Å². The molecule has 5 fully saturated rings. The molecule has 3 aliphatic carbocycles. The molecule has 14 heteroatoms. The van der Waals surface area contributed by atoms with Gasteiger partial charge >= 0.3 is 35.8 Å². The van der Waals surface area contributed by atoms with E-state index in [1.807, 2.05) is 0 Å². The van der Waals surface area contributed by atoms with E-state index < -0.39 is 106 Å². The summed E-state index contributed by atoms with van der Waals surface area (Å²) in [6.45, 7) is 10.4. The SMILES string of the molecule is CC(=O)OC1C2CCC3C4(C)OC(=O)CC4C(O)(C4(C)CO4)C(OC(C)=O)C(OC(C)=O)C13C(OC(C)=O)C2(C)OC(C)=O. The molecular weight excluding hydrogens is 584 g/mol. The van der Waals surface area contributed by atoms with E-state index in [1.54, 1.807) is 13.8 Å². The first-order chi connectivity index (χ1) is 20.3. The summed E-state index contributed by atoms with van der Waals surface area (Å²) >= 11 is 0. The summed E-state index contributed by atoms with van der Waals surface area (Å²) in [7, 11) is 0. The lowest BCUT2D eigenvalue weighted by atomic mass is 9.56. The summed E-state index contributed by atoms with van der Waals surface area (Å²) in [5.74, 6) is -7.55. The van der Waals surface area contributed by atoms with Crippen molar-refractivity contribution >= 4 is 35.8 Å². The van der Waals surface area contributed by atoms with Crippen LogP contribution in [0.1, 0.15) is 74.7 Å². The molecule has 3 saturated carbocycles. The second-order valence-corrected chi connectivity index (χ2v) is 13.4. The third kappa shape index (κ3) is 4.27. The molecule has 12 unspecified atom stereocenters. The van der Waals surface area contributed by atoms with Crippen LogP contribution in [0.3, 0.4) is 0 Å².